The van der Waals surface area contributed by atoms with E-state index < -0.39 is 35.9 Å². The van der Waals surface area contributed by atoms with Crippen molar-refractivity contribution in [3.63, 3.8) is 0 Å². The van der Waals surface area contributed by atoms with Crippen molar-refractivity contribution in [2.75, 3.05) is 12.3 Å². The van der Waals surface area contributed by atoms with Crippen LogP contribution in [0.15, 0.2) is 60.7 Å². The summed E-state index contributed by atoms with van der Waals surface area (Å²) >= 11 is 4.21. The lowest BCUT2D eigenvalue weighted by Gasteiger charge is -2.25. The number of amides is 3. The minimum atomic E-state index is -1.18. The van der Waals surface area contributed by atoms with Gasteiger partial charge in [0.05, 0.1) is 6.04 Å². The molecule has 0 aromatic heterocycles. The maximum absolute atomic E-state index is 13.2. The van der Waals surface area contributed by atoms with Crippen molar-refractivity contribution in [1.29, 1.82) is 0 Å². The Morgan fingerprint density at radius 3 is 1.86 bits per heavy atom. The lowest BCUT2D eigenvalue weighted by Crippen LogP contribution is -2.58. The van der Waals surface area contributed by atoms with Gasteiger partial charge in [0, 0.05) is 18.6 Å². The summed E-state index contributed by atoms with van der Waals surface area (Å²) in [6.45, 7) is 0.739. The standard InChI is InChI=1S/C26H32N4O5S/c31-23(19-12-7-13-27-19)30-22(16-36)25(33)28-20(14-17-8-3-1-4-9-17)24(32)29-21(26(34)35)15-18-10-5-2-6-11-18/h1-6,8-11,19-22,27,36H,7,12-16H2,(H,28,33)(H,29,32)(H,30,31)(H,34,35). The first kappa shape index (κ1) is 27.2. The van der Waals surface area contributed by atoms with Crippen molar-refractivity contribution >= 4 is 36.3 Å². The first-order chi connectivity index (χ1) is 17.4. The molecule has 0 spiro atoms. The normalized spacial score (nSPS) is 17.4. The highest BCUT2D eigenvalue weighted by Gasteiger charge is 2.31. The number of nitrogens with one attached hydrogen (secondary N) is 4. The fourth-order valence-electron chi connectivity index (χ4n) is 4.03. The Hall–Kier alpha value is -3.37. The Kier molecular flexibility index (Phi) is 10.3. The summed E-state index contributed by atoms with van der Waals surface area (Å²) in [6.07, 6.45) is 1.80. The van der Waals surface area contributed by atoms with Crippen LogP contribution in [0.25, 0.3) is 0 Å². The number of carboxylic acids is 1. The molecule has 1 aliphatic heterocycles. The third-order valence-electron chi connectivity index (χ3n) is 6.01. The van der Waals surface area contributed by atoms with Crippen LogP contribution in [0.5, 0.6) is 0 Å². The molecule has 0 saturated carbocycles. The highest BCUT2D eigenvalue weighted by molar-refractivity contribution is 7.80. The summed E-state index contributed by atoms with van der Waals surface area (Å²) in [4.78, 5) is 50.6. The zero-order valence-corrected chi connectivity index (χ0v) is 20.7. The molecule has 0 radical (unpaired) electrons. The van der Waals surface area contributed by atoms with Crippen molar-refractivity contribution in [2.45, 2.75) is 49.9 Å². The van der Waals surface area contributed by atoms with E-state index >= 15 is 0 Å². The molecule has 2 aromatic rings. The molecule has 3 amide bonds. The molecule has 1 fully saturated rings. The predicted octanol–water partition coefficient (Wildman–Crippen LogP) is 0.693. The third kappa shape index (κ3) is 8.10. The van der Waals surface area contributed by atoms with Gasteiger partial charge in [-0.25, -0.2) is 4.79 Å². The average Bonchev–Trinajstić information content (AvgIpc) is 3.43. The van der Waals surface area contributed by atoms with Crippen LogP contribution < -0.4 is 21.3 Å². The number of hydrogen-bond acceptors (Lipinski definition) is 6. The first-order valence-corrected chi connectivity index (χ1v) is 12.6. The van der Waals surface area contributed by atoms with Crippen molar-refractivity contribution in [3.8, 4) is 0 Å². The van der Waals surface area contributed by atoms with Gasteiger partial charge in [0.15, 0.2) is 0 Å². The van der Waals surface area contributed by atoms with Gasteiger partial charge >= 0.3 is 5.97 Å². The molecule has 5 N–H and O–H groups in total. The third-order valence-corrected chi connectivity index (χ3v) is 6.37. The van der Waals surface area contributed by atoms with Gasteiger partial charge in [-0.05, 0) is 30.5 Å². The molecule has 0 aliphatic carbocycles. The molecule has 36 heavy (non-hydrogen) atoms. The van der Waals surface area contributed by atoms with Crippen LogP contribution in [0.2, 0.25) is 0 Å². The van der Waals surface area contributed by atoms with Crippen molar-refractivity contribution < 1.29 is 24.3 Å². The second-order valence-electron chi connectivity index (χ2n) is 8.73. The van der Waals surface area contributed by atoms with E-state index in [0.29, 0.717) is 6.42 Å². The Morgan fingerprint density at radius 2 is 1.36 bits per heavy atom. The van der Waals surface area contributed by atoms with E-state index in [1.807, 2.05) is 36.4 Å². The van der Waals surface area contributed by atoms with Gasteiger partial charge in [-0.1, -0.05) is 60.7 Å². The summed E-state index contributed by atoms with van der Waals surface area (Å²) in [5.74, 6) is -2.63. The van der Waals surface area contributed by atoms with Crippen molar-refractivity contribution in [2.24, 2.45) is 0 Å². The van der Waals surface area contributed by atoms with E-state index in [9.17, 15) is 24.3 Å². The summed E-state index contributed by atoms with van der Waals surface area (Å²) < 4.78 is 0. The van der Waals surface area contributed by atoms with Crippen LogP contribution in [-0.4, -0.2) is 65.3 Å². The summed E-state index contributed by atoms with van der Waals surface area (Å²) in [5, 5.41) is 20.7. The van der Waals surface area contributed by atoms with Crippen LogP contribution >= 0.6 is 12.6 Å². The fourth-order valence-corrected chi connectivity index (χ4v) is 4.29. The lowest BCUT2D eigenvalue weighted by atomic mass is 10.0. The quantitative estimate of drug-likeness (QED) is 0.232. The van der Waals surface area contributed by atoms with Crippen LogP contribution in [-0.2, 0) is 32.0 Å². The van der Waals surface area contributed by atoms with Gasteiger partial charge in [-0.3, -0.25) is 14.4 Å². The Morgan fingerprint density at radius 1 is 0.833 bits per heavy atom. The Labute approximate surface area is 215 Å². The molecule has 10 heteroatoms. The first-order valence-electron chi connectivity index (χ1n) is 11.9. The summed E-state index contributed by atoms with van der Waals surface area (Å²) in [6, 6.07) is 14.5. The zero-order chi connectivity index (χ0) is 25.9. The second kappa shape index (κ2) is 13.6. The molecule has 1 aliphatic rings. The number of hydrogen-bond donors (Lipinski definition) is 6. The number of carbonyl (C=O) groups excluding carboxylic acids is 3. The minimum absolute atomic E-state index is 0.0374. The highest BCUT2D eigenvalue weighted by atomic mass is 32.1. The van der Waals surface area contributed by atoms with Crippen LogP contribution in [0.3, 0.4) is 0 Å². The van der Waals surface area contributed by atoms with Gasteiger partial charge in [0.2, 0.25) is 17.7 Å². The van der Waals surface area contributed by atoms with Crippen LogP contribution in [0, 0.1) is 0 Å². The van der Waals surface area contributed by atoms with E-state index in [4.69, 9.17) is 0 Å². The SMILES string of the molecule is O=C(O)C(Cc1ccccc1)NC(=O)C(Cc1ccccc1)NC(=O)C(CS)NC(=O)C1CCCN1. The van der Waals surface area contributed by atoms with Crippen LogP contribution in [0.4, 0.5) is 0 Å². The van der Waals surface area contributed by atoms with Gasteiger partial charge in [0.1, 0.15) is 18.1 Å². The number of thiol groups is 1. The minimum Gasteiger partial charge on any atom is -0.480 e. The topological polar surface area (TPSA) is 137 Å². The maximum atomic E-state index is 13.2. The highest BCUT2D eigenvalue weighted by Crippen LogP contribution is 2.09. The molecule has 3 rings (SSSR count). The largest absolute Gasteiger partial charge is 0.480 e. The molecular formula is C26H32N4O5S. The number of benzene rings is 2. The fraction of sp³-hybridized carbons (Fsp3) is 0.385. The van der Waals surface area contributed by atoms with Gasteiger partial charge < -0.3 is 26.4 Å². The zero-order valence-electron chi connectivity index (χ0n) is 19.9. The van der Waals surface area contributed by atoms with E-state index in [0.717, 1.165) is 24.1 Å². The number of aliphatic carboxylic acids is 1. The van der Waals surface area contributed by atoms with Gasteiger partial charge in [0.25, 0.3) is 0 Å². The molecule has 2 aromatic carbocycles. The Bertz CT molecular complexity index is 1030. The van der Waals surface area contributed by atoms with E-state index in [1.54, 1.807) is 24.3 Å². The monoisotopic (exact) mass is 512 g/mol. The smallest absolute Gasteiger partial charge is 0.326 e. The molecule has 4 unspecified atom stereocenters. The lowest BCUT2D eigenvalue weighted by molar-refractivity contribution is -0.142. The van der Waals surface area contributed by atoms with Crippen LogP contribution in [0.1, 0.15) is 24.0 Å². The maximum Gasteiger partial charge on any atom is 0.326 e. The summed E-state index contributed by atoms with van der Waals surface area (Å²) in [7, 11) is 0. The second-order valence-corrected chi connectivity index (χ2v) is 9.10. The molecular weight excluding hydrogens is 480 g/mol. The molecule has 192 valence electrons. The van der Waals surface area contributed by atoms with Gasteiger partial charge in [-0.15, -0.1) is 0 Å². The van der Waals surface area contributed by atoms with Crippen molar-refractivity contribution in [3.05, 3.63) is 71.8 Å². The van der Waals surface area contributed by atoms with Gasteiger partial charge in [-0.2, -0.15) is 12.6 Å². The molecule has 4 atom stereocenters. The number of carboxylic acid groups (broad SMARTS) is 1. The Balaban J connectivity index is 1.72. The number of carbonyl (C=O) groups is 4. The molecule has 1 heterocycles. The van der Waals surface area contributed by atoms with E-state index in [2.05, 4.69) is 33.9 Å². The summed E-state index contributed by atoms with van der Waals surface area (Å²) in [5.41, 5.74) is 1.54. The number of rotatable bonds is 12. The average molecular weight is 513 g/mol. The molecule has 9 nitrogen and oxygen atoms in total. The molecule has 1 saturated heterocycles. The van der Waals surface area contributed by atoms with Crippen molar-refractivity contribution in [1.82, 2.24) is 21.3 Å². The molecule has 0 bridgehead atoms. The predicted molar refractivity (Wildman–Crippen MR) is 139 cm³/mol. The van der Waals surface area contributed by atoms with E-state index in [1.165, 1.54) is 0 Å². The van der Waals surface area contributed by atoms with E-state index in [-0.39, 0.29) is 30.5 Å².